The van der Waals surface area contributed by atoms with Crippen LogP contribution in [0, 0.1) is 0 Å². The zero-order valence-corrected chi connectivity index (χ0v) is 20.0. The van der Waals surface area contributed by atoms with E-state index in [1.54, 1.807) is 25.4 Å². The van der Waals surface area contributed by atoms with E-state index in [1.807, 2.05) is 42.2 Å². The molecule has 3 rings (SSSR count). The molecule has 0 unspecified atom stereocenters. The summed E-state index contributed by atoms with van der Waals surface area (Å²) in [6, 6.07) is 9.63. The third kappa shape index (κ3) is 6.76. The first-order valence-corrected chi connectivity index (χ1v) is 11.9. The van der Waals surface area contributed by atoms with E-state index in [2.05, 4.69) is 0 Å². The molecular formula is C26H36N2O5. The van der Waals surface area contributed by atoms with Gasteiger partial charge < -0.3 is 23.7 Å². The van der Waals surface area contributed by atoms with E-state index in [9.17, 15) is 9.59 Å². The van der Waals surface area contributed by atoms with Crippen molar-refractivity contribution in [3.63, 3.8) is 0 Å². The number of methoxy groups -OCH3 is 2. The Morgan fingerprint density at radius 3 is 2.42 bits per heavy atom. The number of hydrogen-bond acceptors (Lipinski definition) is 5. The molecule has 0 spiro atoms. The van der Waals surface area contributed by atoms with Crippen molar-refractivity contribution in [2.45, 2.75) is 64.5 Å². The van der Waals surface area contributed by atoms with Crippen LogP contribution >= 0.6 is 0 Å². The zero-order valence-electron chi connectivity index (χ0n) is 20.0. The number of nitrogens with zero attached hydrogens (tertiary/aromatic N) is 2. The van der Waals surface area contributed by atoms with Crippen LogP contribution in [0.3, 0.4) is 0 Å². The summed E-state index contributed by atoms with van der Waals surface area (Å²) >= 11 is 0. The van der Waals surface area contributed by atoms with Crippen LogP contribution < -0.4 is 9.47 Å². The molecule has 0 radical (unpaired) electrons. The van der Waals surface area contributed by atoms with E-state index in [4.69, 9.17) is 13.9 Å². The van der Waals surface area contributed by atoms with Crippen molar-refractivity contribution in [1.82, 2.24) is 9.80 Å². The van der Waals surface area contributed by atoms with E-state index < -0.39 is 0 Å². The van der Waals surface area contributed by atoms with Gasteiger partial charge in [0.2, 0.25) is 11.8 Å². The lowest BCUT2D eigenvalue weighted by Crippen LogP contribution is -2.48. The molecular weight excluding hydrogens is 420 g/mol. The molecule has 7 nitrogen and oxygen atoms in total. The highest BCUT2D eigenvalue weighted by molar-refractivity contribution is 5.85. The highest BCUT2D eigenvalue weighted by Gasteiger charge is 2.28. The van der Waals surface area contributed by atoms with Crippen molar-refractivity contribution in [2.24, 2.45) is 0 Å². The van der Waals surface area contributed by atoms with Gasteiger partial charge in [0, 0.05) is 19.0 Å². The maximum absolute atomic E-state index is 13.4. The summed E-state index contributed by atoms with van der Waals surface area (Å²) in [7, 11) is 3.22. The minimum absolute atomic E-state index is 0.0492. The molecule has 0 bridgehead atoms. The predicted molar refractivity (Wildman–Crippen MR) is 126 cm³/mol. The van der Waals surface area contributed by atoms with Crippen molar-refractivity contribution in [2.75, 3.05) is 27.3 Å². The van der Waals surface area contributed by atoms with Gasteiger partial charge >= 0.3 is 0 Å². The maximum Gasteiger partial charge on any atom is 0.242 e. The number of ether oxygens (including phenoxy) is 2. The second-order valence-electron chi connectivity index (χ2n) is 8.50. The number of furan rings is 1. The van der Waals surface area contributed by atoms with Crippen LogP contribution in [-0.4, -0.2) is 55.0 Å². The summed E-state index contributed by atoms with van der Waals surface area (Å²) in [5.41, 5.74) is 1.04. The van der Waals surface area contributed by atoms with Crippen molar-refractivity contribution >= 4 is 11.8 Å². The van der Waals surface area contributed by atoms with E-state index >= 15 is 0 Å². The number of hydrogen-bond donors (Lipinski definition) is 0. The molecule has 180 valence electrons. The van der Waals surface area contributed by atoms with Gasteiger partial charge in [0.25, 0.3) is 0 Å². The van der Waals surface area contributed by atoms with E-state index in [0.29, 0.717) is 37.4 Å². The Morgan fingerprint density at radius 2 is 1.79 bits per heavy atom. The average Bonchev–Trinajstić information content (AvgIpc) is 3.38. The summed E-state index contributed by atoms with van der Waals surface area (Å²) in [5, 5.41) is 0. The molecule has 0 N–H and O–H groups in total. The van der Waals surface area contributed by atoms with Crippen molar-refractivity contribution in [3.8, 4) is 11.5 Å². The molecule has 1 aliphatic carbocycles. The second-order valence-corrected chi connectivity index (χ2v) is 8.50. The van der Waals surface area contributed by atoms with Gasteiger partial charge in [0.05, 0.1) is 27.0 Å². The monoisotopic (exact) mass is 456 g/mol. The molecule has 1 fully saturated rings. The Bertz CT molecular complexity index is 890. The Labute approximate surface area is 196 Å². The molecule has 1 aromatic carbocycles. The van der Waals surface area contributed by atoms with Crippen LogP contribution in [0.4, 0.5) is 0 Å². The number of carbonyl (C=O) groups is 2. The van der Waals surface area contributed by atoms with Crippen LogP contribution in [0.1, 0.15) is 56.8 Å². The van der Waals surface area contributed by atoms with E-state index in [1.165, 1.54) is 6.42 Å². The molecule has 0 saturated heterocycles. The Morgan fingerprint density at radius 1 is 1.03 bits per heavy atom. The molecule has 1 heterocycles. The first kappa shape index (κ1) is 24.7. The first-order valence-electron chi connectivity index (χ1n) is 11.9. The van der Waals surface area contributed by atoms with Gasteiger partial charge in [0.1, 0.15) is 12.3 Å². The normalized spacial score (nSPS) is 14.0. The maximum atomic E-state index is 13.4. The van der Waals surface area contributed by atoms with Crippen LogP contribution in [0.25, 0.3) is 0 Å². The summed E-state index contributed by atoms with van der Waals surface area (Å²) in [6.45, 7) is 2.86. The quantitative estimate of drug-likeness (QED) is 0.500. The largest absolute Gasteiger partial charge is 0.493 e. The predicted octanol–water partition coefficient (Wildman–Crippen LogP) is 4.44. The minimum Gasteiger partial charge on any atom is -0.493 e. The summed E-state index contributed by atoms with van der Waals surface area (Å²) in [5.74, 6) is 2.05. The second kappa shape index (κ2) is 12.3. The Balaban J connectivity index is 1.73. The Kier molecular flexibility index (Phi) is 9.22. The molecule has 7 heteroatoms. The fourth-order valence-electron chi connectivity index (χ4n) is 4.45. The molecule has 1 aliphatic rings. The lowest BCUT2D eigenvalue weighted by Gasteiger charge is -2.35. The van der Waals surface area contributed by atoms with Gasteiger partial charge in [-0.25, -0.2) is 0 Å². The first-order chi connectivity index (χ1) is 16.0. The standard InChI is InChI=1S/C26H36N2O5/c1-4-25(29)28(21-9-6-5-7-10-21)19-26(30)27(18-22-11-8-16-33-22)15-14-20-12-13-23(31-2)24(17-20)32-3/h8,11-13,16-17,21H,4-7,9-10,14-15,18-19H2,1-3H3. The fraction of sp³-hybridized carbons (Fsp3) is 0.538. The number of rotatable bonds is 11. The van der Waals surface area contributed by atoms with Gasteiger partial charge in [-0.1, -0.05) is 32.3 Å². The van der Waals surface area contributed by atoms with Gasteiger partial charge in [-0.05, 0) is 49.1 Å². The number of benzene rings is 1. The summed E-state index contributed by atoms with van der Waals surface area (Å²) < 4.78 is 16.2. The molecule has 0 aliphatic heterocycles. The highest BCUT2D eigenvalue weighted by Crippen LogP contribution is 2.28. The van der Waals surface area contributed by atoms with Gasteiger partial charge in [-0.2, -0.15) is 0 Å². The van der Waals surface area contributed by atoms with E-state index in [0.717, 1.165) is 37.0 Å². The molecule has 33 heavy (non-hydrogen) atoms. The lowest BCUT2D eigenvalue weighted by atomic mass is 9.94. The molecule has 2 amide bonds. The van der Waals surface area contributed by atoms with Gasteiger partial charge in [-0.3, -0.25) is 9.59 Å². The van der Waals surface area contributed by atoms with Gasteiger partial charge in [-0.15, -0.1) is 0 Å². The van der Waals surface area contributed by atoms with Crippen molar-refractivity contribution in [1.29, 1.82) is 0 Å². The highest BCUT2D eigenvalue weighted by atomic mass is 16.5. The third-order valence-corrected chi connectivity index (χ3v) is 6.34. The molecule has 1 saturated carbocycles. The van der Waals surface area contributed by atoms with Crippen molar-refractivity contribution in [3.05, 3.63) is 47.9 Å². The zero-order chi connectivity index (χ0) is 23.6. The molecule has 2 aromatic rings. The Hall–Kier alpha value is -2.96. The van der Waals surface area contributed by atoms with Gasteiger partial charge in [0.15, 0.2) is 11.5 Å². The van der Waals surface area contributed by atoms with Crippen LogP contribution in [0.2, 0.25) is 0 Å². The van der Waals surface area contributed by atoms with E-state index in [-0.39, 0.29) is 24.4 Å². The summed E-state index contributed by atoms with van der Waals surface area (Å²) in [4.78, 5) is 29.7. The topological polar surface area (TPSA) is 72.2 Å². The number of amides is 2. The summed E-state index contributed by atoms with van der Waals surface area (Å²) in [6.07, 6.45) is 8.05. The van der Waals surface area contributed by atoms with Crippen LogP contribution in [0.5, 0.6) is 11.5 Å². The average molecular weight is 457 g/mol. The number of carbonyl (C=O) groups excluding carboxylic acids is 2. The lowest BCUT2D eigenvalue weighted by molar-refractivity contribution is -0.143. The molecule has 1 aromatic heterocycles. The molecule has 0 atom stereocenters. The SMILES string of the molecule is CCC(=O)N(CC(=O)N(CCc1ccc(OC)c(OC)c1)Cc1ccco1)C1CCCCC1. The minimum atomic E-state index is -0.0562. The van der Waals surface area contributed by atoms with Crippen LogP contribution in [0.15, 0.2) is 41.0 Å². The third-order valence-electron chi connectivity index (χ3n) is 6.34. The van der Waals surface area contributed by atoms with Crippen LogP contribution in [-0.2, 0) is 22.6 Å². The fourth-order valence-corrected chi connectivity index (χ4v) is 4.45. The smallest absolute Gasteiger partial charge is 0.242 e. The van der Waals surface area contributed by atoms with Crippen molar-refractivity contribution < 1.29 is 23.5 Å².